The van der Waals surface area contributed by atoms with E-state index in [1.165, 1.54) is 0 Å². The minimum absolute atomic E-state index is 0.118. The Balaban J connectivity index is 3.44. The molecule has 0 heterocycles. The number of phenols is 1. The normalized spacial score (nSPS) is 9.09. The molecule has 0 amide bonds. The number of aromatic hydroxyl groups is 1. The number of nitriles is 1. The minimum Gasteiger partial charge on any atom is -0.504 e. The molecule has 3 nitrogen and oxygen atoms in total. The molecule has 0 atom stereocenters. The Hall–Kier alpha value is -1.69. The molecule has 0 radical (unpaired) electrons. The third-order valence-electron chi connectivity index (χ3n) is 1.53. The molecule has 0 aromatic heterocycles. The quantitative estimate of drug-likeness (QED) is 0.428. The first kappa shape index (κ1) is 7.42. The van der Waals surface area contributed by atoms with Crippen molar-refractivity contribution in [3.63, 3.8) is 0 Å². The monoisotopic (exact) mass is 148 g/mol. The van der Waals surface area contributed by atoms with Gasteiger partial charge in [-0.1, -0.05) is 6.07 Å². The van der Waals surface area contributed by atoms with Crippen molar-refractivity contribution in [2.24, 2.45) is 0 Å². The van der Waals surface area contributed by atoms with Crippen LogP contribution in [0, 0.1) is 18.3 Å². The summed E-state index contributed by atoms with van der Waals surface area (Å²) in [5.74, 6) is -0.118. The highest BCUT2D eigenvalue weighted by Gasteiger charge is 2.05. The topological polar surface area (TPSA) is 70.0 Å². The van der Waals surface area contributed by atoms with Crippen molar-refractivity contribution < 1.29 is 5.11 Å². The summed E-state index contributed by atoms with van der Waals surface area (Å²) < 4.78 is 0. The van der Waals surface area contributed by atoms with Gasteiger partial charge >= 0.3 is 0 Å². The Morgan fingerprint density at radius 1 is 1.55 bits per heavy atom. The predicted molar refractivity (Wildman–Crippen MR) is 42.0 cm³/mol. The fourth-order valence-electron chi connectivity index (χ4n) is 0.849. The molecule has 0 spiro atoms. The van der Waals surface area contributed by atoms with Gasteiger partial charge in [-0.15, -0.1) is 0 Å². The Kier molecular flexibility index (Phi) is 1.69. The summed E-state index contributed by atoms with van der Waals surface area (Å²) in [6.07, 6.45) is 0. The van der Waals surface area contributed by atoms with Gasteiger partial charge in [-0.05, 0) is 18.6 Å². The third-order valence-corrected chi connectivity index (χ3v) is 1.53. The van der Waals surface area contributed by atoms with Crippen LogP contribution in [0.25, 0.3) is 0 Å². The lowest BCUT2D eigenvalue weighted by Gasteiger charge is -2.02. The van der Waals surface area contributed by atoms with Gasteiger partial charge in [-0.3, -0.25) is 0 Å². The number of hydrogen-bond acceptors (Lipinski definition) is 3. The molecule has 0 aliphatic heterocycles. The van der Waals surface area contributed by atoms with Gasteiger partial charge in [0, 0.05) is 0 Å². The molecule has 3 N–H and O–H groups in total. The molecule has 56 valence electrons. The summed E-state index contributed by atoms with van der Waals surface area (Å²) in [6, 6.07) is 5.15. The maximum atomic E-state index is 9.23. The highest BCUT2D eigenvalue weighted by atomic mass is 16.3. The molecule has 0 unspecified atom stereocenters. The summed E-state index contributed by atoms with van der Waals surface area (Å²) >= 11 is 0. The number of nitrogens with two attached hydrogens (primary N) is 1. The van der Waals surface area contributed by atoms with E-state index in [0.29, 0.717) is 0 Å². The third kappa shape index (κ3) is 1.10. The van der Waals surface area contributed by atoms with E-state index in [1.54, 1.807) is 19.1 Å². The van der Waals surface area contributed by atoms with Crippen molar-refractivity contribution in [1.82, 2.24) is 0 Å². The molecule has 11 heavy (non-hydrogen) atoms. The van der Waals surface area contributed by atoms with Crippen molar-refractivity contribution in [2.45, 2.75) is 6.92 Å². The first-order valence-electron chi connectivity index (χ1n) is 3.15. The van der Waals surface area contributed by atoms with Crippen LogP contribution in [0.4, 0.5) is 5.69 Å². The van der Waals surface area contributed by atoms with E-state index in [1.807, 2.05) is 6.07 Å². The zero-order valence-corrected chi connectivity index (χ0v) is 6.13. The standard InChI is InChI=1S/C8H8N2O/c1-5-2-3-7(10)8(11)6(5)4-9/h2-3,11H,10H2,1H3. The van der Waals surface area contributed by atoms with E-state index in [4.69, 9.17) is 11.0 Å². The maximum Gasteiger partial charge on any atom is 0.156 e. The lowest BCUT2D eigenvalue weighted by Crippen LogP contribution is -1.90. The van der Waals surface area contributed by atoms with Crippen LogP contribution in [0.3, 0.4) is 0 Å². The summed E-state index contributed by atoms with van der Waals surface area (Å²) in [7, 11) is 0. The number of hydrogen-bond donors (Lipinski definition) is 2. The van der Waals surface area contributed by atoms with Gasteiger partial charge in [-0.25, -0.2) is 0 Å². The molecule has 1 aromatic rings. The second kappa shape index (κ2) is 2.51. The van der Waals surface area contributed by atoms with Gasteiger partial charge in [0.2, 0.25) is 0 Å². The molecule has 1 rings (SSSR count). The van der Waals surface area contributed by atoms with E-state index in [9.17, 15) is 5.11 Å². The second-order valence-corrected chi connectivity index (χ2v) is 2.31. The lowest BCUT2D eigenvalue weighted by molar-refractivity contribution is 0.476. The summed E-state index contributed by atoms with van der Waals surface area (Å²) in [5.41, 5.74) is 6.60. The number of rotatable bonds is 0. The first-order valence-corrected chi connectivity index (χ1v) is 3.15. The number of nitrogens with zero attached hydrogens (tertiary/aromatic N) is 1. The average Bonchev–Trinajstić information content (AvgIpc) is 1.99. The van der Waals surface area contributed by atoms with Crippen molar-refractivity contribution >= 4 is 5.69 Å². The Morgan fingerprint density at radius 3 is 2.64 bits per heavy atom. The predicted octanol–water partition coefficient (Wildman–Crippen LogP) is 1.15. The molecular weight excluding hydrogens is 140 g/mol. The van der Waals surface area contributed by atoms with Crippen LogP contribution in [0.5, 0.6) is 5.75 Å². The molecule has 0 aliphatic carbocycles. The van der Waals surface area contributed by atoms with Crippen molar-refractivity contribution in [2.75, 3.05) is 5.73 Å². The van der Waals surface area contributed by atoms with E-state index in [0.717, 1.165) is 5.56 Å². The number of nitrogen functional groups attached to an aromatic ring is 1. The molecule has 0 fully saturated rings. The molecule has 0 saturated carbocycles. The van der Waals surface area contributed by atoms with Crippen LogP contribution >= 0.6 is 0 Å². The second-order valence-electron chi connectivity index (χ2n) is 2.31. The van der Waals surface area contributed by atoms with Crippen LogP contribution in [-0.2, 0) is 0 Å². The average molecular weight is 148 g/mol. The van der Waals surface area contributed by atoms with Gasteiger partial charge in [0.15, 0.2) is 5.75 Å². The highest BCUT2D eigenvalue weighted by Crippen LogP contribution is 2.26. The molecule has 0 aliphatic rings. The molecule has 1 aromatic carbocycles. The van der Waals surface area contributed by atoms with Gasteiger partial charge in [0.05, 0.1) is 11.3 Å². The van der Waals surface area contributed by atoms with E-state index < -0.39 is 0 Å². The van der Waals surface area contributed by atoms with Gasteiger partial charge in [0.25, 0.3) is 0 Å². The number of aryl methyl sites for hydroxylation is 1. The van der Waals surface area contributed by atoms with E-state index >= 15 is 0 Å². The van der Waals surface area contributed by atoms with E-state index in [2.05, 4.69) is 0 Å². The number of phenolic OH excluding ortho intramolecular Hbond substituents is 1. The highest BCUT2D eigenvalue weighted by molar-refractivity contribution is 5.62. The molecule has 0 saturated heterocycles. The van der Waals surface area contributed by atoms with Crippen LogP contribution < -0.4 is 5.73 Å². The summed E-state index contributed by atoms with van der Waals surface area (Å²) in [5, 5.41) is 17.8. The van der Waals surface area contributed by atoms with Crippen LogP contribution in [0.1, 0.15) is 11.1 Å². The SMILES string of the molecule is Cc1ccc(N)c(O)c1C#N. The van der Waals surface area contributed by atoms with Gasteiger partial charge < -0.3 is 10.8 Å². The first-order chi connectivity index (χ1) is 5.16. The van der Waals surface area contributed by atoms with E-state index in [-0.39, 0.29) is 17.0 Å². The Labute approximate surface area is 64.7 Å². The number of benzene rings is 1. The summed E-state index contributed by atoms with van der Waals surface area (Å²) in [6.45, 7) is 1.75. The van der Waals surface area contributed by atoms with Crippen molar-refractivity contribution in [1.29, 1.82) is 5.26 Å². The largest absolute Gasteiger partial charge is 0.504 e. The van der Waals surface area contributed by atoms with Crippen molar-refractivity contribution in [3.05, 3.63) is 23.3 Å². The zero-order valence-electron chi connectivity index (χ0n) is 6.13. The minimum atomic E-state index is -0.118. The lowest BCUT2D eigenvalue weighted by atomic mass is 10.1. The van der Waals surface area contributed by atoms with Crippen LogP contribution in [-0.4, -0.2) is 5.11 Å². The molecular formula is C8H8N2O. The maximum absolute atomic E-state index is 9.23. The number of anilines is 1. The fraction of sp³-hybridized carbons (Fsp3) is 0.125. The summed E-state index contributed by atoms with van der Waals surface area (Å²) in [4.78, 5) is 0. The molecule has 3 heteroatoms. The molecule has 0 bridgehead atoms. The van der Waals surface area contributed by atoms with Crippen LogP contribution in [0.2, 0.25) is 0 Å². The Morgan fingerprint density at radius 2 is 2.18 bits per heavy atom. The van der Waals surface area contributed by atoms with Gasteiger partial charge in [-0.2, -0.15) is 5.26 Å². The Bertz CT molecular complexity index is 326. The zero-order chi connectivity index (χ0) is 8.43. The van der Waals surface area contributed by atoms with Gasteiger partial charge in [0.1, 0.15) is 6.07 Å². The fourth-order valence-corrected chi connectivity index (χ4v) is 0.849. The van der Waals surface area contributed by atoms with Crippen molar-refractivity contribution in [3.8, 4) is 11.8 Å². The van der Waals surface area contributed by atoms with Crippen LogP contribution in [0.15, 0.2) is 12.1 Å². The smallest absolute Gasteiger partial charge is 0.156 e.